The number of aliphatic imine (C=N–C) groups is 1. The maximum atomic E-state index is 12.0. The summed E-state index contributed by atoms with van der Waals surface area (Å²) in [6, 6.07) is 5.95. The Hall–Kier alpha value is -2.48. The summed E-state index contributed by atoms with van der Waals surface area (Å²) in [7, 11) is 8.94. The van der Waals surface area contributed by atoms with Crippen LogP contribution in [0.5, 0.6) is 11.5 Å². The first kappa shape index (κ1) is 23.6. The fraction of sp³-hybridized carbons (Fsp3) is 0.600. The molecule has 1 unspecified atom stereocenters. The molecule has 0 fully saturated rings. The Balaban J connectivity index is 2.75. The van der Waals surface area contributed by atoms with Gasteiger partial charge < -0.3 is 30.3 Å². The van der Waals surface area contributed by atoms with Crippen molar-refractivity contribution in [1.29, 1.82) is 0 Å². The highest BCUT2D eigenvalue weighted by Gasteiger charge is 2.18. The Bertz CT molecular complexity index is 668. The van der Waals surface area contributed by atoms with Crippen molar-refractivity contribution < 1.29 is 14.3 Å². The topological polar surface area (TPSA) is 87.2 Å². The van der Waals surface area contributed by atoms with Crippen molar-refractivity contribution in [3.8, 4) is 11.5 Å². The number of carbonyl (C=O) groups is 1. The summed E-state index contributed by atoms with van der Waals surface area (Å²) < 4.78 is 10.7. The van der Waals surface area contributed by atoms with Gasteiger partial charge in [0.15, 0.2) is 17.5 Å². The normalized spacial score (nSPS) is 13.1. The Morgan fingerprint density at radius 3 is 2.29 bits per heavy atom. The van der Waals surface area contributed by atoms with E-state index in [1.807, 2.05) is 53.1 Å². The number of amides is 1. The van der Waals surface area contributed by atoms with Crippen LogP contribution in [0.2, 0.25) is 0 Å². The van der Waals surface area contributed by atoms with Crippen molar-refractivity contribution in [2.45, 2.75) is 32.4 Å². The Kier molecular flexibility index (Phi) is 9.05. The number of ether oxygens (including phenoxy) is 2. The molecule has 0 spiro atoms. The lowest BCUT2D eigenvalue weighted by molar-refractivity contribution is -0.121. The Labute approximate surface area is 168 Å². The first-order chi connectivity index (χ1) is 13.1. The minimum Gasteiger partial charge on any atom is -0.493 e. The average Bonchev–Trinajstić information content (AvgIpc) is 2.62. The number of methoxy groups -OCH3 is 2. The first-order valence-corrected chi connectivity index (χ1v) is 9.25. The van der Waals surface area contributed by atoms with Crippen LogP contribution in [0, 0.1) is 0 Å². The molecule has 0 aromatic heterocycles. The van der Waals surface area contributed by atoms with Crippen LogP contribution in [-0.2, 0) is 4.79 Å². The van der Waals surface area contributed by atoms with E-state index >= 15 is 0 Å². The first-order valence-electron chi connectivity index (χ1n) is 9.25. The maximum absolute atomic E-state index is 12.0. The van der Waals surface area contributed by atoms with Crippen molar-refractivity contribution >= 4 is 11.9 Å². The van der Waals surface area contributed by atoms with E-state index in [0.29, 0.717) is 24.0 Å². The molecule has 0 radical (unpaired) electrons. The standard InChI is InChI=1S/C20H35N5O3/c1-20(2,3)24-18(26)13-23-19(21-4)22-12-15(25(5)6)14-9-10-16(27-7)17(11-14)28-8/h9-11,15H,12-13H2,1-8H3,(H,24,26)(H2,21,22,23). The average molecular weight is 394 g/mol. The van der Waals surface area contributed by atoms with Gasteiger partial charge >= 0.3 is 0 Å². The zero-order chi connectivity index (χ0) is 21.3. The van der Waals surface area contributed by atoms with Gasteiger partial charge in [0.05, 0.1) is 26.8 Å². The molecule has 8 nitrogen and oxygen atoms in total. The molecule has 8 heteroatoms. The van der Waals surface area contributed by atoms with Gasteiger partial charge in [-0.15, -0.1) is 0 Å². The van der Waals surface area contributed by atoms with Crippen LogP contribution in [0.4, 0.5) is 0 Å². The molecule has 0 bridgehead atoms. The minimum atomic E-state index is -0.265. The van der Waals surface area contributed by atoms with E-state index in [-0.39, 0.29) is 24.0 Å². The number of benzene rings is 1. The zero-order valence-electron chi connectivity index (χ0n) is 18.3. The number of hydrogen-bond donors (Lipinski definition) is 3. The predicted octanol–water partition coefficient (Wildman–Crippen LogP) is 1.39. The molecule has 0 aliphatic rings. The van der Waals surface area contributed by atoms with Crippen LogP contribution in [0.1, 0.15) is 32.4 Å². The van der Waals surface area contributed by atoms with Crippen molar-refractivity contribution in [1.82, 2.24) is 20.9 Å². The van der Waals surface area contributed by atoms with Gasteiger partial charge in [-0.1, -0.05) is 6.07 Å². The molecule has 1 aromatic carbocycles. The third-order valence-corrected chi connectivity index (χ3v) is 4.03. The molecule has 0 aliphatic heterocycles. The number of guanidine groups is 1. The summed E-state index contributed by atoms with van der Waals surface area (Å²) >= 11 is 0. The monoisotopic (exact) mass is 393 g/mol. The number of likely N-dealkylation sites (N-methyl/N-ethyl adjacent to an activating group) is 1. The molecule has 28 heavy (non-hydrogen) atoms. The Morgan fingerprint density at radius 2 is 1.79 bits per heavy atom. The van der Waals surface area contributed by atoms with Gasteiger partial charge in [-0.25, -0.2) is 0 Å². The quantitative estimate of drug-likeness (QED) is 0.457. The van der Waals surface area contributed by atoms with Gasteiger partial charge in [-0.3, -0.25) is 9.79 Å². The molecule has 0 saturated carbocycles. The van der Waals surface area contributed by atoms with E-state index in [1.54, 1.807) is 21.3 Å². The van der Waals surface area contributed by atoms with Crippen molar-refractivity contribution in [2.75, 3.05) is 48.5 Å². The van der Waals surface area contributed by atoms with E-state index in [2.05, 4.69) is 25.8 Å². The van der Waals surface area contributed by atoms with Gasteiger partial charge in [-0.2, -0.15) is 0 Å². The number of hydrogen-bond acceptors (Lipinski definition) is 5. The fourth-order valence-corrected chi connectivity index (χ4v) is 2.70. The van der Waals surface area contributed by atoms with E-state index in [0.717, 1.165) is 5.56 Å². The molecule has 0 saturated heterocycles. The van der Waals surface area contributed by atoms with Crippen LogP contribution >= 0.6 is 0 Å². The molecule has 0 heterocycles. The smallest absolute Gasteiger partial charge is 0.239 e. The Morgan fingerprint density at radius 1 is 1.14 bits per heavy atom. The molecule has 0 aliphatic carbocycles. The van der Waals surface area contributed by atoms with Gasteiger partial charge in [0.2, 0.25) is 5.91 Å². The zero-order valence-corrected chi connectivity index (χ0v) is 18.3. The number of rotatable bonds is 8. The summed E-state index contributed by atoms with van der Waals surface area (Å²) in [5, 5.41) is 9.23. The second kappa shape index (κ2) is 10.8. The van der Waals surface area contributed by atoms with Crippen LogP contribution in [-0.4, -0.2) is 70.8 Å². The number of carbonyl (C=O) groups excluding carboxylic acids is 1. The second-order valence-electron chi connectivity index (χ2n) is 7.70. The minimum absolute atomic E-state index is 0.0711. The molecular formula is C20H35N5O3. The summed E-state index contributed by atoms with van der Waals surface area (Å²) in [4.78, 5) is 18.3. The van der Waals surface area contributed by atoms with Crippen molar-refractivity contribution in [3.63, 3.8) is 0 Å². The highest BCUT2D eigenvalue weighted by Crippen LogP contribution is 2.31. The lowest BCUT2D eigenvalue weighted by Gasteiger charge is -2.27. The van der Waals surface area contributed by atoms with Gasteiger partial charge in [0.25, 0.3) is 0 Å². The highest BCUT2D eigenvalue weighted by molar-refractivity contribution is 5.86. The molecule has 1 amide bonds. The third kappa shape index (κ3) is 7.64. The predicted molar refractivity (Wildman–Crippen MR) is 113 cm³/mol. The lowest BCUT2D eigenvalue weighted by Crippen LogP contribution is -2.49. The summed E-state index contributed by atoms with van der Waals surface area (Å²) in [6.45, 7) is 6.59. The van der Waals surface area contributed by atoms with E-state index < -0.39 is 0 Å². The van der Waals surface area contributed by atoms with E-state index in [4.69, 9.17) is 9.47 Å². The SMILES string of the molecule is CN=C(NCC(=O)NC(C)(C)C)NCC(c1ccc(OC)c(OC)c1)N(C)C. The largest absolute Gasteiger partial charge is 0.493 e. The summed E-state index contributed by atoms with van der Waals surface area (Å²) in [5.41, 5.74) is 0.815. The van der Waals surface area contributed by atoms with Gasteiger partial charge in [-0.05, 0) is 52.6 Å². The van der Waals surface area contributed by atoms with Crippen LogP contribution in [0.15, 0.2) is 23.2 Å². The highest BCUT2D eigenvalue weighted by atomic mass is 16.5. The fourth-order valence-electron chi connectivity index (χ4n) is 2.70. The molecular weight excluding hydrogens is 358 g/mol. The number of nitrogens with zero attached hydrogens (tertiary/aromatic N) is 2. The van der Waals surface area contributed by atoms with Crippen molar-refractivity contribution in [2.24, 2.45) is 4.99 Å². The molecule has 1 aromatic rings. The molecule has 158 valence electrons. The van der Waals surface area contributed by atoms with Crippen LogP contribution < -0.4 is 25.4 Å². The summed E-state index contributed by atoms with van der Waals surface area (Å²) in [6.07, 6.45) is 0. The van der Waals surface area contributed by atoms with E-state index in [1.165, 1.54) is 0 Å². The second-order valence-corrected chi connectivity index (χ2v) is 7.70. The lowest BCUT2D eigenvalue weighted by atomic mass is 10.1. The van der Waals surface area contributed by atoms with E-state index in [9.17, 15) is 4.79 Å². The van der Waals surface area contributed by atoms with Gasteiger partial charge in [0.1, 0.15) is 0 Å². The number of nitrogens with one attached hydrogen (secondary N) is 3. The van der Waals surface area contributed by atoms with Crippen molar-refractivity contribution in [3.05, 3.63) is 23.8 Å². The maximum Gasteiger partial charge on any atom is 0.239 e. The van der Waals surface area contributed by atoms with Gasteiger partial charge in [0, 0.05) is 19.1 Å². The van der Waals surface area contributed by atoms with Crippen LogP contribution in [0.25, 0.3) is 0 Å². The molecule has 3 N–H and O–H groups in total. The molecule has 1 rings (SSSR count). The third-order valence-electron chi connectivity index (χ3n) is 4.03. The van der Waals surface area contributed by atoms with Crippen LogP contribution in [0.3, 0.4) is 0 Å². The summed E-state index contributed by atoms with van der Waals surface area (Å²) in [5.74, 6) is 1.86. The molecule has 1 atom stereocenters.